The molecule has 1 aliphatic heterocycles. The number of benzene rings is 5. The van der Waals surface area contributed by atoms with Crippen molar-refractivity contribution in [2.45, 2.75) is 93.2 Å². The Balaban J connectivity index is 0.000000270. The second kappa shape index (κ2) is 19.9. The number of hydrogen-bond donors (Lipinski definition) is 0. The van der Waals surface area contributed by atoms with Crippen molar-refractivity contribution in [2.24, 2.45) is 0 Å². The maximum atomic E-state index is 5.67. The van der Waals surface area contributed by atoms with E-state index < -0.39 is 13.5 Å². The minimum atomic E-state index is -1.61. The molecule has 0 amide bonds. The molecule has 1 saturated heterocycles. The zero-order valence-corrected chi connectivity index (χ0v) is 37.8. The zero-order valence-electron chi connectivity index (χ0n) is 33.4. The molecule has 7 rings (SSSR count). The van der Waals surface area contributed by atoms with Gasteiger partial charge in [-0.2, -0.15) is 6.67 Å². The van der Waals surface area contributed by atoms with Gasteiger partial charge in [-0.15, -0.1) is 9.24 Å². The first-order chi connectivity index (χ1) is 25.9. The van der Waals surface area contributed by atoms with Gasteiger partial charge in [0.2, 0.25) is 0 Å². The van der Waals surface area contributed by atoms with Crippen LogP contribution in [0.4, 0.5) is 11.4 Å². The van der Waals surface area contributed by atoms with Crippen LogP contribution in [-0.4, -0.2) is 23.4 Å². The van der Waals surface area contributed by atoms with Gasteiger partial charge in [-0.05, 0) is 141 Å². The Kier molecular flexibility index (Phi) is 15.6. The molecule has 0 bridgehead atoms. The van der Waals surface area contributed by atoms with E-state index >= 15 is 0 Å². The Labute approximate surface area is 342 Å². The van der Waals surface area contributed by atoms with Crippen LogP contribution in [0.25, 0.3) is 22.3 Å². The van der Waals surface area contributed by atoms with E-state index in [4.69, 9.17) is 19.4 Å². The Morgan fingerprint density at radius 3 is 1.35 bits per heavy atom. The van der Waals surface area contributed by atoms with Crippen LogP contribution >= 0.6 is 28.6 Å². The van der Waals surface area contributed by atoms with E-state index in [9.17, 15) is 0 Å². The van der Waals surface area contributed by atoms with Crippen molar-refractivity contribution in [2.75, 3.05) is 22.9 Å². The van der Waals surface area contributed by atoms with Gasteiger partial charge in [0.25, 0.3) is 0 Å². The summed E-state index contributed by atoms with van der Waals surface area (Å²) >= 11 is -1.61. The molecule has 6 heteroatoms. The van der Waals surface area contributed by atoms with Crippen molar-refractivity contribution >= 4 is 44.6 Å². The Morgan fingerprint density at radius 2 is 0.981 bits per heavy atom. The predicted octanol–water partition coefficient (Wildman–Crippen LogP) is 13.9. The van der Waals surface area contributed by atoms with Gasteiger partial charge in [-0.1, -0.05) is 79.9 Å². The van der Waals surface area contributed by atoms with E-state index in [-0.39, 0.29) is 0 Å². The van der Waals surface area contributed by atoms with Crippen LogP contribution < -0.4 is 9.80 Å². The van der Waals surface area contributed by atoms with Crippen molar-refractivity contribution in [3.8, 4) is 22.3 Å². The van der Waals surface area contributed by atoms with Crippen molar-refractivity contribution in [1.82, 2.24) is 0 Å². The van der Waals surface area contributed by atoms with Crippen molar-refractivity contribution in [1.29, 1.82) is 0 Å². The molecular formula is C48H58Cl2N2PRu-. The third-order valence-corrected chi connectivity index (χ3v) is 13.4. The third-order valence-electron chi connectivity index (χ3n) is 10.8. The molecule has 288 valence electrons. The average Bonchev–Trinajstić information content (AvgIpc) is 3.60. The van der Waals surface area contributed by atoms with Gasteiger partial charge < -0.3 is 9.80 Å². The van der Waals surface area contributed by atoms with Gasteiger partial charge in [0.1, 0.15) is 0 Å². The van der Waals surface area contributed by atoms with Crippen molar-refractivity contribution in [3.63, 3.8) is 0 Å². The number of aryl methyl sites for hydroxylation is 6. The first-order valence-electron chi connectivity index (χ1n) is 19.2. The van der Waals surface area contributed by atoms with E-state index in [1.807, 2.05) is 34.9 Å². The van der Waals surface area contributed by atoms with Crippen LogP contribution in [0, 0.1) is 62.1 Å². The predicted molar refractivity (Wildman–Crippen MR) is 241 cm³/mol. The molecular weight excluding hydrogens is 807 g/mol. The molecule has 1 unspecified atom stereocenters. The number of halogens is 2. The van der Waals surface area contributed by atoms with Crippen LogP contribution in [0.5, 0.6) is 0 Å². The summed E-state index contributed by atoms with van der Waals surface area (Å²) < 4.78 is 1.92. The molecule has 0 N–H and O–H groups in total. The normalized spacial score (nSPS) is 14.5. The average molecular weight is 866 g/mol. The third kappa shape index (κ3) is 10.5. The first-order valence-corrected chi connectivity index (χ1v) is 25.4. The second-order valence-corrected chi connectivity index (χ2v) is 21.6. The number of hydrogen-bond acceptors (Lipinski definition) is 2. The fraction of sp³-hybridized carbons (Fsp3) is 0.333. The number of nitrogens with zero attached hydrogens (tertiary/aromatic N) is 2. The molecule has 2 fully saturated rings. The molecule has 1 heterocycles. The maximum absolute atomic E-state index is 5.67. The second-order valence-electron chi connectivity index (χ2n) is 15.0. The van der Waals surface area contributed by atoms with E-state index in [2.05, 4.69) is 142 Å². The summed E-state index contributed by atoms with van der Waals surface area (Å²) in [6.07, 6.45) is 7.31. The number of rotatable bonds is 5. The van der Waals surface area contributed by atoms with Gasteiger partial charge >= 0.3 is 73.4 Å². The van der Waals surface area contributed by atoms with Gasteiger partial charge in [0.05, 0.1) is 0 Å². The van der Waals surface area contributed by atoms with Crippen LogP contribution in [-0.2, 0) is 13.5 Å². The summed E-state index contributed by atoms with van der Waals surface area (Å²) in [6.45, 7) is 22.2. The van der Waals surface area contributed by atoms with Crippen molar-refractivity contribution in [3.05, 3.63) is 148 Å². The van der Waals surface area contributed by atoms with Gasteiger partial charge in [-0.25, -0.2) is 0 Å². The Morgan fingerprint density at radius 1 is 0.556 bits per heavy atom. The van der Waals surface area contributed by atoms with Crippen LogP contribution in [0.2, 0.25) is 0 Å². The van der Waals surface area contributed by atoms with E-state index in [0.717, 1.165) is 24.3 Å². The summed E-state index contributed by atoms with van der Waals surface area (Å²) in [4.78, 5) is 4.93. The van der Waals surface area contributed by atoms with E-state index in [0.29, 0.717) is 0 Å². The van der Waals surface area contributed by atoms with Gasteiger partial charge in [0.15, 0.2) is 0 Å². The molecule has 1 aliphatic carbocycles. The first kappa shape index (κ1) is 42.3. The summed E-state index contributed by atoms with van der Waals surface area (Å²) in [6, 6.07) is 32.3. The molecule has 2 nitrogen and oxygen atoms in total. The molecule has 0 spiro atoms. The summed E-state index contributed by atoms with van der Waals surface area (Å²) in [5, 5.41) is 0. The van der Waals surface area contributed by atoms with Crippen molar-refractivity contribution < 1.29 is 13.5 Å². The monoisotopic (exact) mass is 865 g/mol. The van der Waals surface area contributed by atoms with Crippen LogP contribution in [0.3, 0.4) is 0 Å². The molecule has 1 saturated carbocycles. The molecule has 54 heavy (non-hydrogen) atoms. The molecule has 5 aromatic carbocycles. The van der Waals surface area contributed by atoms with E-state index in [1.165, 1.54) is 110 Å². The fourth-order valence-corrected chi connectivity index (χ4v) is 10.5. The summed E-state index contributed by atoms with van der Waals surface area (Å²) in [5.41, 5.74) is 20.8. The standard InChI is InChI=1S/C35H39N2.C7H6.C6H13P.2ClH.Ru/c1-22-11-9-12-23(2)32(22)30-17-15-26(5)34(28(30)7)36-19-20-37(21-36)35-27(6)16-18-31(29(35)8)33-24(3)13-10-14-25(33)4;1-7-5-3-2-4-6-7;7-6-4-2-1-3-5-6;;;/h9-18,21H,19-20H2,1-8H3;1-6H;6H,1-5,7H2;2*1H;/q-1;;;;;+2/p-2. The van der Waals surface area contributed by atoms with Gasteiger partial charge in [0, 0.05) is 24.5 Å². The minimum absolute atomic E-state index is 0.953. The topological polar surface area (TPSA) is 6.48 Å². The van der Waals surface area contributed by atoms with Gasteiger partial charge in [-0.3, -0.25) is 0 Å². The van der Waals surface area contributed by atoms with Crippen LogP contribution in [0.15, 0.2) is 91.0 Å². The summed E-state index contributed by atoms with van der Waals surface area (Å²) in [5.74, 6) is 0. The molecule has 2 aliphatic rings. The molecule has 5 aromatic rings. The fourth-order valence-electron chi connectivity index (χ4n) is 8.16. The Bertz CT molecular complexity index is 1910. The number of anilines is 2. The summed E-state index contributed by atoms with van der Waals surface area (Å²) in [7, 11) is 14.2. The van der Waals surface area contributed by atoms with Crippen LogP contribution in [0.1, 0.15) is 82.2 Å². The molecule has 1 atom stereocenters. The van der Waals surface area contributed by atoms with E-state index in [1.54, 1.807) is 0 Å². The SMILES string of the molecule is Cc1cccc(C)c1-c1ccc(C)c(N2[CH-]N(c3c(C)ccc(-c4c(C)cccc4C)c3C)CC2)c1C.PC1CCCCC1.[Cl][Ru]([Cl])=[CH]c1ccccc1. The quantitative estimate of drug-likeness (QED) is 0.0987. The Hall–Kier alpha value is -2.80. The molecule has 0 aromatic heterocycles. The zero-order chi connectivity index (χ0) is 38.9. The molecule has 0 radical (unpaired) electrons.